The van der Waals surface area contributed by atoms with Crippen molar-refractivity contribution >= 4 is 15.9 Å². The van der Waals surface area contributed by atoms with E-state index in [0.29, 0.717) is 11.8 Å². The Balaban J connectivity index is 1.75. The van der Waals surface area contributed by atoms with E-state index in [4.69, 9.17) is 10.2 Å². The van der Waals surface area contributed by atoms with Crippen molar-refractivity contribution in [2.24, 2.45) is 11.3 Å². The minimum atomic E-state index is -1.63. The molecular weight excluding hydrogens is 244 g/mol. The molecule has 0 aromatic rings. The van der Waals surface area contributed by atoms with E-state index in [9.17, 15) is 0 Å². The minimum Gasteiger partial charge on any atom is -0.357 e. The molecule has 2 aliphatic rings. The maximum atomic E-state index is 9.15. The van der Waals surface area contributed by atoms with Crippen molar-refractivity contribution in [2.75, 3.05) is 0 Å². The highest BCUT2D eigenvalue weighted by molar-refractivity contribution is 9.09. The molecule has 0 amide bonds. The zero-order chi connectivity index (χ0) is 10.2. The number of halogens is 1. The first kappa shape index (κ1) is 10.9. The molecule has 0 aliphatic heterocycles. The van der Waals surface area contributed by atoms with Crippen LogP contribution in [0.5, 0.6) is 0 Å². The van der Waals surface area contributed by atoms with Gasteiger partial charge >= 0.3 is 0 Å². The van der Waals surface area contributed by atoms with Gasteiger partial charge in [0.25, 0.3) is 0 Å². The molecule has 0 unspecified atom stereocenters. The summed E-state index contributed by atoms with van der Waals surface area (Å²) in [5.41, 5.74) is 0.622. The molecule has 0 saturated heterocycles. The van der Waals surface area contributed by atoms with Gasteiger partial charge in [-0.1, -0.05) is 19.3 Å². The van der Waals surface area contributed by atoms with Crippen LogP contribution in [0.2, 0.25) is 0 Å². The zero-order valence-electron chi connectivity index (χ0n) is 8.51. The first-order chi connectivity index (χ1) is 6.52. The lowest BCUT2D eigenvalue weighted by atomic mass is 9.84. The Kier molecular flexibility index (Phi) is 2.93. The van der Waals surface area contributed by atoms with E-state index >= 15 is 0 Å². The van der Waals surface area contributed by atoms with Crippen LogP contribution >= 0.6 is 15.9 Å². The molecule has 2 fully saturated rings. The zero-order valence-corrected chi connectivity index (χ0v) is 10.1. The predicted molar refractivity (Wildman–Crippen MR) is 59.0 cm³/mol. The fraction of sp³-hybridized carbons (Fsp3) is 1.00. The predicted octanol–water partition coefficient (Wildman–Crippen LogP) is 2.77. The maximum Gasteiger partial charge on any atom is 0.221 e. The summed E-state index contributed by atoms with van der Waals surface area (Å²) in [4.78, 5) is 0. The van der Waals surface area contributed by atoms with Crippen LogP contribution in [0.3, 0.4) is 0 Å². The molecule has 1 spiro atoms. The van der Waals surface area contributed by atoms with Gasteiger partial charge in [-0.3, -0.25) is 0 Å². The minimum absolute atomic E-state index is 0.458. The number of hydrogen-bond acceptors (Lipinski definition) is 2. The highest BCUT2D eigenvalue weighted by atomic mass is 79.9. The number of aliphatic hydroxyl groups is 2. The van der Waals surface area contributed by atoms with E-state index in [0.717, 1.165) is 12.3 Å². The van der Waals surface area contributed by atoms with Crippen LogP contribution in [-0.4, -0.2) is 14.9 Å². The molecule has 1 atom stereocenters. The van der Waals surface area contributed by atoms with E-state index in [-0.39, 0.29) is 0 Å². The Morgan fingerprint density at radius 3 is 2.43 bits per heavy atom. The standard InChI is InChI=1S/C11H19BrO2/c12-11(13,14)7-4-9-8-10(9)5-2-1-3-6-10/h9,13-14H,1-8H2/t9-/m0/s1. The number of alkyl halides is 1. The third-order valence-corrected chi connectivity index (χ3v) is 4.42. The quantitative estimate of drug-likeness (QED) is 0.607. The third kappa shape index (κ3) is 2.50. The average Bonchev–Trinajstić information content (AvgIpc) is 2.76. The van der Waals surface area contributed by atoms with Gasteiger partial charge in [0.1, 0.15) is 0 Å². The summed E-state index contributed by atoms with van der Waals surface area (Å²) in [6, 6.07) is 0. The first-order valence-corrected chi connectivity index (χ1v) is 6.45. The summed E-state index contributed by atoms with van der Waals surface area (Å²) in [6.07, 6.45) is 9.67. The maximum absolute atomic E-state index is 9.15. The third-order valence-electron chi connectivity index (χ3n) is 4.02. The lowest BCUT2D eigenvalue weighted by Crippen LogP contribution is -2.19. The number of hydrogen-bond donors (Lipinski definition) is 2. The highest BCUT2D eigenvalue weighted by Crippen LogP contribution is 2.63. The Hall–Kier alpha value is 0.400. The smallest absolute Gasteiger partial charge is 0.221 e. The van der Waals surface area contributed by atoms with E-state index in [2.05, 4.69) is 15.9 Å². The summed E-state index contributed by atoms with van der Waals surface area (Å²) in [5.74, 6) is 0.763. The molecule has 2 nitrogen and oxygen atoms in total. The number of rotatable bonds is 3. The topological polar surface area (TPSA) is 40.5 Å². The van der Waals surface area contributed by atoms with Crippen molar-refractivity contribution in [1.82, 2.24) is 0 Å². The molecule has 0 heterocycles. The second-order valence-corrected chi connectivity index (χ2v) is 6.35. The molecule has 2 saturated carbocycles. The molecule has 0 aromatic carbocycles. The Morgan fingerprint density at radius 2 is 1.86 bits per heavy atom. The fourth-order valence-corrected chi connectivity index (χ4v) is 3.30. The van der Waals surface area contributed by atoms with Crippen LogP contribution in [0, 0.1) is 11.3 Å². The van der Waals surface area contributed by atoms with Crippen LogP contribution in [0.1, 0.15) is 51.4 Å². The molecule has 3 heteroatoms. The summed E-state index contributed by atoms with van der Waals surface area (Å²) in [5, 5.41) is 18.3. The van der Waals surface area contributed by atoms with Gasteiger partial charge in [0.2, 0.25) is 4.70 Å². The first-order valence-electron chi connectivity index (χ1n) is 5.66. The van der Waals surface area contributed by atoms with Crippen molar-refractivity contribution < 1.29 is 10.2 Å². The van der Waals surface area contributed by atoms with Crippen LogP contribution < -0.4 is 0 Å². The largest absolute Gasteiger partial charge is 0.357 e. The van der Waals surface area contributed by atoms with Crippen molar-refractivity contribution in [3.8, 4) is 0 Å². The van der Waals surface area contributed by atoms with E-state index in [1.54, 1.807) is 0 Å². The monoisotopic (exact) mass is 262 g/mol. The van der Waals surface area contributed by atoms with Crippen LogP contribution in [-0.2, 0) is 0 Å². The fourth-order valence-electron chi connectivity index (χ4n) is 3.07. The highest BCUT2D eigenvalue weighted by Gasteiger charge is 2.53. The Morgan fingerprint density at radius 1 is 1.21 bits per heavy atom. The molecule has 2 N–H and O–H groups in total. The van der Waals surface area contributed by atoms with Gasteiger partial charge in [-0.05, 0) is 52.9 Å². The average molecular weight is 263 g/mol. The van der Waals surface area contributed by atoms with Crippen molar-refractivity contribution in [2.45, 2.75) is 56.1 Å². The lowest BCUT2D eigenvalue weighted by molar-refractivity contribution is -0.0765. The van der Waals surface area contributed by atoms with E-state index in [1.807, 2.05) is 0 Å². The van der Waals surface area contributed by atoms with Crippen LogP contribution in [0.4, 0.5) is 0 Å². The van der Waals surface area contributed by atoms with Gasteiger partial charge in [0.15, 0.2) is 0 Å². The van der Waals surface area contributed by atoms with E-state index in [1.165, 1.54) is 38.5 Å². The molecule has 14 heavy (non-hydrogen) atoms. The molecular formula is C11H19BrO2. The SMILES string of the molecule is OC(O)(Br)CC[C@H]1CC12CCCCC2. The van der Waals surface area contributed by atoms with Gasteiger partial charge in [-0.25, -0.2) is 0 Å². The van der Waals surface area contributed by atoms with Gasteiger partial charge in [0.05, 0.1) is 0 Å². The summed E-state index contributed by atoms with van der Waals surface area (Å²) < 4.78 is -1.63. The molecule has 2 aliphatic carbocycles. The summed E-state index contributed by atoms with van der Waals surface area (Å²) >= 11 is 2.86. The van der Waals surface area contributed by atoms with Crippen LogP contribution in [0.15, 0.2) is 0 Å². The van der Waals surface area contributed by atoms with Gasteiger partial charge < -0.3 is 10.2 Å². The Labute approximate surface area is 93.8 Å². The summed E-state index contributed by atoms with van der Waals surface area (Å²) in [6.45, 7) is 0. The second-order valence-electron chi connectivity index (χ2n) is 5.08. The Bertz CT molecular complexity index is 204. The van der Waals surface area contributed by atoms with Gasteiger partial charge in [0, 0.05) is 6.42 Å². The van der Waals surface area contributed by atoms with E-state index < -0.39 is 4.70 Å². The normalized spacial score (nSPS) is 30.6. The van der Waals surface area contributed by atoms with Crippen molar-refractivity contribution in [1.29, 1.82) is 0 Å². The molecule has 0 radical (unpaired) electrons. The van der Waals surface area contributed by atoms with Crippen molar-refractivity contribution in [3.05, 3.63) is 0 Å². The molecule has 2 rings (SSSR count). The lowest BCUT2D eigenvalue weighted by Gasteiger charge is -2.23. The van der Waals surface area contributed by atoms with Gasteiger partial charge in [-0.2, -0.15) is 0 Å². The van der Waals surface area contributed by atoms with Crippen LogP contribution in [0.25, 0.3) is 0 Å². The molecule has 0 aromatic heterocycles. The molecule has 0 bridgehead atoms. The summed E-state index contributed by atoms with van der Waals surface area (Å²) in [7, 11) is 0. The van der Waals surface area contributed by atoms with Gasteiger partial charge in [-0.15, -0.1) is 0 Å². The second kappa shape index (κ2) is 3.76. The van der Waals surface area contributed by atoms with Crippen molar-refractivity contribution in [3.63, 3.8) is 0 Å². The molecule has 82 valence electrons.